The third-order valence-electron chi connectivity index (χ3n) is 3.45. The van der Waals surface area contributed by atoms with E-state index in [1.165, 1.54) is 44.1 Å². The summed E-state index contributed by atoms with van der Waals surface area (Å²) in [5.41, 5.74) is 1.20. The molecular weight excluding hydrogens is 328 g/mol. The number of rotatable bonds is 3. The fourth-order valence-electron chi connectivity index (χ4n) is 2.40. The first kappa shape index (κ1) is 13.3. The molecule has 1 aliphatic carbocycles. The van der Waals surface area contributed by atoms with Crippen molar-refractivity contribution in [2.24, 2.45) is 0 Å². The van der Waals surface area contributed by atoms with E-state index in [1.54, 1.807) is 12.1 Å². The highest BCUT2D eigenvalue weighted by atomic mass is 127. The summed E-state index contributed by atoms with van der Waals surface area (Å²) >= 11 is 2.21. The molecule has 0 amide bonds. The standard InChI is InChI=1S/C14H19FIN/c15-12-8-7-11(14(16)9-12)10-17-13-5-3-1-2-4-6-13/h7-9,13,17H,1-6,10H2. The maximum Gasteiger partial charge on any atom is 0.124 e. The summed E-state index contributed by atoms with van der Waals surface area (Å²) in [5.74, 6) is -0.146. The quantitative estimate of drug-likeness (QED) is 0.637. The largest absolute Gasteiger partial charge is 0.310 e. The van der Waals surface area contributed by atoms with Crippen LogP contribution in [0.4, 0.5) is 4.39 Å². The average Bonchev–Trinajstić information content (AvgIpc) is 2.56. The number of nitrogens with one attached hydrogen (secondary N) is 1. The van der Waals surface area contributed by atoms with Crippen molar-refractivity contribution in [1.82, 2.24) is 5.32 Å². The molecule has 1 aliphatic rings. The molecule has 2 rings (SSSR count). The molecule has 1 aromatic rings. The molecule has 0 aromatic heterocycles. The second kappa shape index (κ2) is 6.69. The Labute approximate surface area is 116 Å². The van der Waals surface area contributed by atoms with Crippen LogP contribution in [0.15, 0.2) is 18.2 Å². The normalized spacial score (nSPS) is 18.0. The molecule has 0 heterocycles. The first-order chi connectivity index (χ1) is 8.25. The van der Waals surface area contributed by atoms with Gasteiger partial charge in [-0.25, -0.2) is 4.39 Å². The van der Waals surface area contributed by atoms with E-state index in [0.717, 1.165) is 10.1 Å². The van der Waals surface area contributed by atoms with E-state index in [0.29, 0.717) is 6.04 Å². The average molecular weight is 347 g/mol. The number of hydrogen-bond acceptors (Lipinski definition) is 1. The van der Waals surface area contributed by atoms with Crippen LogP contribution in [0.1, 0.15) is 44.1 Å². The van der Waals surface area contributed by atoms with Crippen molar-refractivity contribution >= 4 is 22.6 Å². The zero-order valence-electron chi connectivity index (χ0n) is 10.0. The van der Waals surface area contributed by atoms with E-state index in [1.807, 2.05) is 6.07 Å². The van der Waals surface area contributed by atoms with Crippen LogP contribution in [0.25, 0.3) is 0 Å². The minimum Gasteiger partial charge on any atom is -0.310 e. The minimum atomic E-state index is -0.146. The summed E-state index contributed by atoms with van der Waals surface area (Å²) in [4.78, 5) is 0. The molecule has 1 aromatic carbocycles. The van der Waals surface area contributed by atoms with Gasteiger partial charge in [0.1, 0.15) is 5.82 Å². The van der Waals surface area contributed by atoms with Crippen LogP contribution < -0.4 is 5.32 Å². The van der Waals surface area contributed by atoms with Crippen molar-refractivity contribution in [2.45, 2.75) is 51.1 Å². The van der Waals surface area contributed by atoms with Crippen molar-refractivity contribution in [3.8, 4) is 0 Å². The molecule has 1 saturated carbocycles. The Morgan fingerprint density at radius 1 is 1.18 bits per heavy atom. The summed E-state index contributed by atoms with van der Waals surface area (Å²) in [5, 5.41) is 3.61. The first-order valence-electron chi connectivity index (χ1n) is 6.43. The van der Waals surface area contributed by atoms with Gasteiger partial charge in [0.2, 0.25) is 0 Å². The second-order valence-corrected chi connectivity index (χ2v) is 5.97. The SMILES string of the molecule is Fc1ccc(CNC2CCCCCC2)c(I)c1. The van der Waals surface area contributed by atoms with Gasteiger partial charge < -0.3 is 5.32 Å². The molecule has 0 aliphatic heterocycles. The molecule has 17 heavy (non-hydrogen) atoms. The highest BCUT2D eigenvalue weighted by molar-refractivity contribution is 14.1. The molecule has 0 unspecified atom stereocenters. The predicted molar refractivity (Wildman–Crippen MR) is 77.4 cm³/mol. The van der Waals surface area contributed by atoms with E-state index in [9.17, 15) is 4.39 Å². The zero-order chi connectivity index (χ0) is 12.1. The molecule has 0 atom stereocenters. The summed E-state index contributed by atoms with van der Waals surface area (Å²) in [7, 11) is 0. The van der Waals surface area contributed by atoms with Gasteiger partial charge in [0.15, 0.2) is 0 Å². The highest BCUT2D eigenvalue weighted by Gasteiger charge is 2.12. The Kier molecular flexibility index (Phi) is 5.22. The van der Waals surface area contributed by atoms with Crippen molar-refractivity contribution in [1.29, 1.82) is 0 Å². The van der Waals surface area contributed by atoms with Gasteiger partial charge in [-0.2, -0.15) is 0 Å². The molecule has 1 fully saturated rings. The van der Waals surface area contributed by atoms with Gasteiger partial charge in [0.05, 0.1) is 0 Å². The van der Waals surface area contributed by atoms with Crippen molar-refractivity contribution in [2.75, 3.05) is 0 Å². The fourth-order valence-corrected chi connectivity index (χ4v) is 3.07. The Hall–Kier alpha value is -0.160. The lowest BCUT2D eigenvalue weighted by molar-refractivity contribution is 0.458. The first-order valence-corrected chi connectivity index (χ1v) is 7.51. The minimum absolute atomic E-state index is 0.146. The smallest absolute Gasteiger partial charge is 0.124 e. The fraction of sp³-hybridized carbons (Fsp3) is 0.571. The predicted octanol–water partition coefficient (Wildman–Crippen LogP) is 4.24. The third kappa shape index (κ3) is 4.21. The Morgan fingerprint density at radius 3 is 2.53 bits per heavy atom. The van der Waals surface area contributed by atoms with Crippen LogP contribution in [-0.4, -0.2) is 6.04 Å². The molecule has 3 heteroatoms. The molecular formula is C14H19FIN. The van der Waals surface area contributed by atoms with Gasteiger partial charge in [-0.05, 0) is 53.1 Å². The van der Waals surface area contributed by atoms with Crippen LogP contribution in [0.3, 0.4) is 0 Å². The summed E-state index contributed by atoms with van der Waals surface area (Å²) in [6.45, 7) is 0.864. The Balaban J connectivity index is 1.88. The highest BCUT2D eigenvalue weighted by Crippen LogP contribution is 2.19. The summed E-state index contributed by atoms with van der Waals surface area (Å²) in [6, 6.07) is 5.69. The van der Waals surface area contributed by atoms with E-state index in [4.69, 9.17) is 0 Å². The van der Waals surface area contributed by atoms with Crippen molar-refractivity contribution in [3.05, 3.63) is 33.1 Å². The zero-order valence-corrected chi connectivity index (χ0v) is 12.2. The van der Waals surface area contributed by atoms with E-state index in [-0.39, 0.29) is 5.82 Å². The maximum absolute atomic E-state index is 13.0. The van der Waals surface area contributed by atoms with Crippen LogP contribution in [0.5, 0.6) is 0 Å². The number of benzene rings is 1. The Bertz CT molecular complexity index is 359. The maximum atomic E-state index is 13.0. The number of halogens is 2. The van der Waals surface area contributed by atoms with Crippen LogP contribution >= 0.6 is 22.6 Å². The van der Waals surface area contributed by atoms with Gasteiger partial charge in [-0.15, -0.1) is 0 Å². The van der Waals surface area contributed by atoms with Crippen LogP contribution in [-0.2, 0) is 6.54 Å². The van der Waals surface area contributed by atoms with Crippen LogP contribution in [0, 0.1) is 9.39 Å². The lowest BCUT2D eigenvalue weighted by Gasteiger charge is -2.16. The molecule has 0 saturated heterocycles. The molecule has 1 N–H and O–H groups in total. The lowest BCUT2D eigenvalue weighted by atomic mass is 10.1. The van der Waals surface area contributed by atoms with Gasteiger partial charge in [0, 0.05) is 16.2 Å². The van der Waals surface area contributed by atoms with Gasteiger partial charge >= 0.3 is 0 Å². The number of hydrogen-bond donors (Lipinski definition) is 1. The molecule has 1 nitrogen and oxygen atoms in total. The van der Waals surface area contributed by atoms with E-state index < -0.39 is 0 Å². The molecule has 0 bridgehead atoms. The van der Waals surface area contributed by atoms with Crippen LogP contribution in [0.2, 0.25) is 0 Å². The van der Waals surface area contributed by atoms with Gasteiger partial charge in [-0.1, -0.05) is 31.7 Å². The van der Waals surface area contributed by atoms with Gasteiger partial charge in [-0.3, -0.25) is 0 Å². The third-order valence-corrected chi connectivity index (χ3v) is 4.46. The molecule has 0 spiro atoms. The second-order valence-electron chi connectivity index (χ2n) is 4.81. The summed E-state index contributed by atoms with van der Waals surface area (Å²) < 4.78 is 14.0. The topological polar surface area (TPSA) is 12.0 Å². The van der Waals surface area contributed by atoms with Crippen molar-refractivity contribution < 1.29 is 4.39 Å². The van der Waals surface area contributed by atoms with E-state index >= 15 is 0 Å². The molecule has 0 radical (unpaired) electrons. The summed E-state index contributed by atoms with van der Waals surface area (Å²) in [6.07, 6.45) is 8.03. The van der Waals surface area contributed by atoms with Gasteiger partial charge in [0.25, 0.3) is 0 Å². The van der Waals surface area contributed by atoms with E-state index in [2.05, 4.69) is 27.9 Å². The van der Waals surface area contributed by atoms with Crippen molar-refractivity contribution in [3.63, 3.8) is 0 Å². The lowest BCUT2D eigenvalue weighted by Crippen LogP contribution is -2.28. The monoisotopic (exact) mass is 347 g/mol. The Morgan fingerprint density at radius 2 is 1.88 bits per heavy atom. The molecule has 94 valence electrons.